The number of rotatable bonds is 8. The Morgan fingerprint density at radius 3 is 2.87 bits per heavy atom. The first-order valence-electron chi connectivity index (χ1n) is 5.26. The summed E-state index contributed by atoms with van der Waals surface area (Å²) in [6, 6.07) is 0. The number of nitrogens with zero attached hydrogens (tertiary/aromatic N) is 1. The lowest BCUT2D eigenvalue weighted by Gasteiger charge is -2.03. The van der Waals surface area contributed by atoms with Crippen molar-refractivity contribution in [2.75, 3.05) is 26.2 Å². The molecule has 0 aliphatic rings. The van der Waals surface area contributed by atoms with Crippen LogP contribution < -0.4 is 10.6 Å². The van der Waals surface area contributed by atoms with Gasteiger partial charge in [0, 0.05) is 38.0 Å². The van der Waals surface area contributed by atoms with Gasteiger partial charge in [-0.3, -0.25) is 0 Å². The average Bonchev–Trinajstić information content (AvgIpc) is 2.63. The van der Waals surface area contributed by atoms with E-state index in [1.165, 1.54) is 5.69 Å². The lowest BCUT2D eigenvalue weighted by Crippen LogP contribution is -2.28. The molecule has 4 heteroatoms. The summed E-state index contributed by atoms with van der Waals surface area (Å²) in [7, 11) is 0. The molecule has 0 unspecified atom stereocenters. The van der Waals surface area contributed by atoms with E-state index in [0.717, 1.165) is 37.6 Å². The Bertz CT molecular complexity index is 283. The standard InChI is InChI=1S/C11H19N3S/c1-3-5-12-7-8-13-6-4-11-9-15-10(2)14-11/h3,9,12-13H,1,4-8H2,2H3. The first kappa shape index (κ1) is 12.4. The second kappa shape index (κ2) is 7.56. The third-order valence-electron chi connectivity index (χ3n) is 1.99. The predicted octanol–water partition coefficient (Wildman–Crippen LogP) is 1.36. The first-order chi connectivity index (χ1) is 7.33. The van der Waals surface area contributed by atoms with Crippen LogP contribution >= 0.6 is 11.3 Å². The summed E-state index contributed by atoms with van der Waals surface area (Å²) in [5, 5.41) is 9.90. The van der Waals surface area contributed by atoms with Gasteiger partial charge in [0.05, 0.1) is 10.7 Å². The van der Waals surface area contributed by atoms with E-state index in [1.807, 2.05) is 13.0 Å². The molecule has 0 bridgehead atoms. The average molecular weight is 225 g/mol. The molecule has 0 aliphatic carbocycles. The maximum atomic E-state index is 4.41. The van der Waals surface area contributed by atoms with E-state index in [4.69, 9.17) is 0 Å². The molecule has 0 fully saturated rings. The minimum atomic E-state index is 0.882. The smallest absolute Gasteiger partial charge is 0.0897 e. The second-order valence-corrected chi connectivity index (χ2v) is 4.41. The molecule has 84 valence electrons. The van der Waals surface area contributed by atoms with Crippen LogP contribution in [0.4, 0.5) is 0 Å². The molecule has 0 saturated carbocycles. The third-order valence-corrected chi connectivity index (χ3v) is 2.81. The molecule has 0 amide bonds. The van der Waals surface area contributed by atoms with Gasteiger partial charge in [-0.05, 0) is 6.92 Å². The maximum Gasteiger partial charge on any atom is 0.0897 e. The SMILES string of the molecule is C=CCNCCNCCc1csc(C)n1. The number of aryl methyl sites for hydroxylation is 1. The van der Waals surface area contributed by atoms with Crippen molar-refractivity contribution < 1.29 is 0 Å². The quantitative estimate of drug-likeness (QED) is 0.518. The van der Waals surface area contributed by atoms with E-state index < -0.39 is 0 Å². The highest BCUT2D eigenvalue weighted by molar-refractivity contribution is 7.09. The monoisotopic (exact) mass is 225 g/mol. The number of thiazole rings is 1. The van der Waals surface area contributed by atoms with Crippen molar-refractivity contribution in [3.05, 3.63) is 28.7 Å². The van der Waals surface area contributed by atoms with Gasteiger partial charge in [0.1, 0.15) is 0 Å². The second-order valence-electron chi connectivity index (χ2n) is 3.35. The molecule has 1 rings (SSSR count). The minimum absolute atomic E-state index is 0.882. The van der Waals surface area contributed by atoms with E-state index in [0.29, 0.717) is 0 Å². The highest BCUT2D eigenvalue weighted by Gasteiger charge is 1.96. The van der Waals surface area contributed by atoms with Gasteiger partial charge in [0.2, 0.25) is 0 Å². The molecular formula is C11H19N3S. The summed E-state index contributed by atoms with van der Waals surface area (Å²) in [5.74, 6) is 0. The van der Waals surface area contributed by atoms with Crippen molar-refractivity contribution in [3.8, 4) is 0 Å². The lowest BCUT2D eigenvalue weighted by atomic mass is 10.3. The summed E-state index contributed by atoms with van der Waals surface area (Å²) in [4.78, 5) is 4.41. The Labute approximate surface area is 95.6 Å². The fraction of sp³-hybridized carbons (Fsp3) is 0.545. The van der Waals surface area contributed by atoms with Crippen molar-refractivity contribution in [1.82, 2.24) is 15.6 Å². The zero-order chi connectivity index (χ0) is 10.9. The molecule has 1 heterocycles. The van der Waals surface area contributed by atoms with Crippen LogP contribution in [-0.4, -0.2) is 31.2 Å². The molecule has 1 aromatic rings. The molecule has 15 heavy (non-hydrogen) atoms. The van der Waals surface area contributed by atoms with Gasteiger partial charge in [-0.25, -0.2) is 4.98 Å². The van der Waals surface area contributed by atoms with E-state index in [-0.39, 0.29) is 0 Å². The van der Waals surface area contributed by atoms with Crippen LogP contribution in [0.25, 0.3) is 0 Å². The van der Waals surface area contributed by atoms with Gasteiger partial charge in [-0.2, -0.15) is 0 Å². The Morgan fingerprint density at radius 2 is 2.20 bits per heavy atom. The lowest BCUT2D eigenvalue weighted by molar-refractivity contribution is 0.632. The normalized spacial score (nSPS) is 10.5. The predicted molar refractivity (Wildman–Crippen MR) is 66.5 cm³/mol. The summed E-state index contributed by atoms with van der Waals surface area (Å²) < 4.78 is 0. The van der Waals surface area contributed by atoms with Crippen LogP contribution in [0.1, 0.15) is 10.7 Å². The molecule has 0 spiro atoms. The van der Waals surface area contributed by atoms with Crippen LogP contribution in [0.5, 0.6) is 0 Å². The number of hydrogen-bond donors (Lipinski definition) is 2. The summed E-state index contributed by atoms with van der Waals surface area (Å²) in [6.45, 7) is 9.56. The zero-order valence-electron chi connectivity index (χ0n) is 9.25. The number of hydrogen-bond acceptors (Lipinski definition) is 4. The van der Waals surface area contributed by atoms with Crippen LogP contribution in [0.15, 0.2) is 18.0 Å². The first-order valence-corrected chi connectivity index (χ1v) is 6.14. The molecule has 0 radical (unpaired) electrons. The largest absolute Gasteiger partial charge is 0.315 e. The van der Waals surface area contributed by atoms with Crippen molar-refractivity contribution >= 4 is 11.3 Å². The van der Waals surface area contributed by atoms with Gasteiger partial charge < -0.3 is 10.6 Å². The molecule has 0 aliphatic heterocycles. The van der Waals surface area contributed by atoms with Crippen molar-refractivity contribution in [2.24, 2.45) is 0 Å². The highest BCUT2D eigenvalue weighted by atomic mass is 32.1. The Hall–Kier alpha value is -0.710. The molecule has 1 aromatic heterocycles. The molecule has 2 N–H and O–H groups in total. The van der Waals surface area contributed by atoms with Crippen LogP contribution in [-0.2, 0) is 6.42 Å². The Balaban J connectivity index is 1.95. The van der Waals surface area contributed by atoms with Gasteiger partial charge in [0.25, 0.3) is 0 Å². The Kier molecular flexibility index (Phi) is 6.23. The van der Waals surface area contributed by atoms with E-state index in [9.17, 15) is 0 Å². The van der Waals surface area contributed by atoms with Gasteiger partial charge in [-0.15, -0.1) is 17.9 Å². The molecule has 0 atom stereocenters. The van der Waals surface area contributed by atoms with Gasteiger partial charge in [0.15, 0.2) is 0 Å². The van der Waals surface area contributed by atoms with Gasteiger partial charge >= 0.3 is 0 Å². The minimum Gasteiger partial charge on any atom is -0.315 e. The van der Waals surface area contributed by atoms with Crippen LogP contribution in [0.2, 0.25) is 0 Å². The highest BCUT2D eigenvalue weighted by Crippen LogP contribution is 2.07. The molecular weight excluding hydrogens is 206 g/mol. The molecule has 3 nitrogen and oxygen atoms in total. The van der Waals surface area contributed by atoms with Gasteiger partial charge in [-0.1, -0.05) is 6.08 Å². The van der Waals surface area contributed by atoms with Crippen molar-refractivity contribution in [3.63, 3.8) is 0 Å². The van der Waals surface area contributed by atoms with Crippen LogP contribution in [0, 0.1) is 6.92 Å². The summed E-state index contributed by atoms with van der Waals surface area (Å²) in [6.07, 6.45) is 2.89. The fourth-order valence-electron chi connectivity index (χ4n) is 1.25. The maximum absolute atomic E-state index is 4.41. The summed E-state index contributed by atoms with van der Waals surface area (Å²) in [5.41, 5.74) is 1.20. The third kappa shape index (κ3) is 5.67. The Morgan fingerprint density at radius 1 is 1.40 bits per heavy atom. The molecule has 0 aromatic carbocycles. The zero-order valence-corrected chi connectivity index (χ0v) is 10.1. The van der Waals surface area contributed by atoms with Crippen molar-refractivity contribution in [1.29, 1.82) is 0 Å². The fourth-order valence-corrected chi connectivity index (χ4v) is 1.89. The van der Waals surface area contributed by atoms with Crippen molar-refractivity contribution in [2.45, 2.75) is 13.3 Å². The topological polar surface area (TPSA) is 37.0 Å². The number of nitrogens with one attached hydrogen (secondary N) is 2. The summed E-state index contributed by atoms with van der Waals surface area (Å²) >= 11 is 1.72. The number of aromatic nitrogens is 1. The van der Waals surface area contributed by atoms with E-state index >= 15 is 0 Å². The van der Waals surface area contributed by atoms with E-state index in [2.05, 4.69) is 27.6 Å². The molecule has 0 saturated heterocycles. The van der Waals surface area contributed by atoms with E-state index in [1.54, 1.807) is 11.3 Å². The van der Waals surface area contributed by atoms with Crippen LogP contribution in [0.3, 0.4) is 0 Å².